The Hall–Kier alpha value is -3.60. The first-order valence-electron chi connectivity index (χ1n) is 11.7. The summed E-state index contributed by atoms with van der Waals surface area (Å²) in [6, 6.07) is 4.65. The molecule has 1 aromatic carbocycles. The number of aromatic nitrogens is 4. The maximum Gasteiger partial charge on any atom is 0.435 e. The van der Waals surface area contributed by atoms with Crippen LogP contribution in [-0.2, 0) is 20.9 Å². The second-order valence-electron chi connectivity index (χ2n) is 8.71. The number of morpholine rings is 1. The van der Waals surface area contributed by atoms with Gasteiger partial charge in [-0.05, 0) is 31.2 Å². The van der Waals surface area contributed by atoms with Gasteiger partial charge in [-0.25, -0.2) is 22.5 Å². The molecule has 0 radical (unpaired) electrons. The lowest BCUT2D eigenvalue weighted by atomic mass is 10.3. The summed E-state index contributed by atoms with van der Waals surface area (Å²) in [4.78, 5) is 14.0. The second-order valence-corrected chi connectivity index (χ2v) is 11.1. The van der Waals surface area contributed by atoms with E-state index >= 15 is 0 Å². The summed E-state index contributed by atoms with van der Waals surface area (Å²) >= 11 is 5.84. The normalized spacial score (nSPS) is 16.8. The highest BCUT2D eigenvalue weighted by Gasteiger charge is 2.35. The van der Waals surface area contributed by atoms with Gasteiger partial charge in [-0.1, -0.05) is 11.6 Å². The number of allylic oxidation sites excluding steroid dienone is 1. The van der Waals surface area contributed by atoms with Gasteiger partial charge in [0.2, 0.25) is 16.0 Å². The van der Waals surface area contributed by atoms with Crippen molar-refractivity contribution in [1.29, 1.82) is 0 Å². The zero-order chi connectivity index (χ0) is 28.7. The quantitative estimate of drug-likeness (QED) is 0.424. The lowest BCUT2D eigenvalue weighted by molar-refractivity contribution is -0.141. The Bertz CT molecular complexity index is 1600. The molecule has 2 aliphatic heterocycles. The second kappa shape index (κ2) is 10.8. The van der Waals surface area contributed by atoms with Gasteiger partial charge in [0.05, 0.1) is 24.4 Å². The molecule has 0 bridgehead atoms. The van der Waals surface area contributed by atoms with Crippen LogP contribution in [0.1, 0.15) is 11.4 Å². The van der Waals surface area contributed by atoms with Gasteiger partial charge in [0.1, 0.15) is 23.1 Å². The third-order valence-corrected chi connectivity index (χ3v) is 8.10. The molecule has 0 amide bonds. The minimum Gasteiger partial charge on any atom is -0.379 e. The molecule has 1 fully saturated rings. The summed E-state index contributed by atoms with van der Waals surface area (Å²) in [7, 11) is -3.93. The SMILES string of the molecule is Cc1cc(C(F)(F)F)nn1-c1nc(Nc2ccc(F)c(Cl)c2)ncc1N1C=C(S(=O)(=O)N2CCOCC2)C=NC1. The number of rotatable bonds is 6. The molecule has 0 atom stereocenters. The molecule has 1 N–H and O–H groups in total. The van der Waals surface area contributed by atoms with Crippen molar-refractivity contribution in [3.8, 4) is 5.82 Å². The smallest absolute Gasteiger partial charge is 0.379 e. The molecule has 212 valence electrons. The van der Waals surface area contributed by atoms with Gasteiger partial charge < -0.3 is 15.0 Å². The molecular weight excluding hydrogens is 580 g/mol. The average molecular weight is 601 g/mol. The third-order valence-electron chi connectivity index (χ3n) is 5.96. The van der Waals surface area contributed by atoms with Crippen LogP contribution >= 0.6 is 11.6 Å². The third kappa shape index (κ3) is 5.65. The zero-order valence-corrected chi connectivity index (χ0v) is 22.3. The minimum atomic E-state index is -4.72. The summed E-state index contributed by atoms with van der Waals surface area (Å²) in [5, 5.41) is 6.37. The molecule has 4 heterocycles. The first kappa shape index (κ1) is 27.9. The fourth-order valence-corrected chi connectivity index (χ4v) is 5.55. The fraction of sp³-hybridized carbons (Fsp3) is 0.304. The molecule has 0 spiro atoms. The van der Waals surface area contributed by atoms with Gasteiger partial charge in [0.15, 0.2) is 11.5 Å². The van der Waals surface area contributed by atoms with Crippen molar-refractivity contribution < 1.29 is 30.7 Å². The highest BCUT2D eigenvalue weighted by Crippen LogP contribution is 2.32. The molecule has 2 aliphatic rings. The van der Waals surface area contributed by atoms with E-state index in [9.17, 15) is 26.0 Å². The van der Waals surface area contributed by atoms with Crippen LogP contribution < -0.4 is 10.2 Å². The highest BCUT2D eigenvalue weighted by atomic mass is 35.5. The number of hydrogen-bond acceptors (Lipinski definition) is 9. The van der Waals surface area contributed by atoms with Crippen molar-refractivity contribution in [2.45, 2.75) is 13.1 Å². The molecule has 0 aliphatic carbocycles. The standard InChI is InChI=1S/C23H21ClF4N8O3S/c1-14-8-20(23(26,27)28)33-36(14)21-19(11-30-22(32-21)31-15-2-3-18(25)17(24)9-15)34-12-16(10-29-13-34)40(37,38)35-4-6-39-7-5-35/h2-3,8-12H,4-7,13H2,1H3,(H,30,31,32). The summed E-state index contributed by atoms with van der Waals surface area (Å²) in [6.07, 6.45) is -0.891. The van der Waals surface area contributed by atoms with E-state index in [1.807, 2.05) is 0 Å². The van der Waals surface area contributed by atoms with Crippen molar-refractivity contribution in [1.82, 2.24) is 24.1 Å². The molecule has 2 aromatic heterocycles. The van der Waals surface area contributed by atoms with Crippen molar-refractivity contribution in [2.75, 3.05) is 43.2 Å². The largest absolute Gasteiger partial charge is 0.435 e. The van der Waals surface area contributed by atoms with E-state index in [2.05, 4.69) is 25.4 Å². The van der Waals surface area contributed by atoms with Gasteiger partial charge in [-0.2, -0.15) is 27.6 Å². The molecular formula is C23H21ClF4N8O3S. The number of aryl methyl sites for hydroxylation is 1. The summed E-state index contributed by atoms with van der Waals surface area (Å²) in [6.45, 7) is 2.19. The van der Waals surface area contributed by atoms with Crippen molar-refractivity contribution in [3.63, 3.8) is 0 Å². The Labute approximate surface area is 230 Å². The Balaban J connectivity index is 1.57. The molecule has 40 heavy (non-hydrogen) atoms. The van der Waals surface area contributed by atoms with E-state index in [0.29, 0.717) is 5.69 Å². The van der Waals surface area contributed by atoms with Gasteiger partial charge in [-0.3, -0.25) is 4.99 Å². The minimum absolute atomic E-state index is 0.0597. The van der Waals surface area contributed by atoms with Gasteiger partial charge in [0, 0.05) is 36.9 Å². The number of nitrogens with zero attached hydrogens (tertiary/aromatic N) is 7. The number of sulfonamides is 1. The van der Waals surface area contributed by atoms with Crippen LogP contribution in [0.5, 0.6) is 0 Å². The summed E-state index contributed by atoms with van der Waals surface area (Å²) in [5.74, 6) is -0.790. The Morgan fingerprint density at radius 3 is 2.58 bits per heavy atom. The van der Waals surface area contributed by atoms with Crippen LogP contribution in [0.15, 0.2) is 46.6 Å². The van der Waals surface area contributed by atoms with E-state index in [1.165, 1.54) is 46.9 Å². The molecule has 11 nitrogen and oxygen atoms in total. The Morgan fingerprint density at radius 2 is 1.90 bits per heavy atom. The van der Waals surface area contributed by atoms with Crippen LogP contribution in [0.3, 0.4) is 0 Å². The van der Waals surface area contributed by atoms with Gasteiger partial charge in [0.25, 0.3) is 0 Å². The topological polar surface area (TPSA) is 118 Å². The number of alkyl halides is 3. The van der Waals surface area contributed by atoms with E-state index in [4.69, 9.17) is 16.3 Å². The van der Waals surface area contributed by atoms with Crippen LogP contribution in [0.2, 0.25) is 5.02 Å². The molecule has 17 heteroatoms. The number of halogens is 5. The van der Waals surface area contributed by atoms with E-state index in [0.717, 1.165) is 16.8 Å². The Kier molecular flexibility index (Phi) is 7.52. The van der Waals surface area contributed by atoms with Crippen molar-refractivity contribution >= 4 is 45.2 Å². The first-order valence-corrected chi connectivity index (χ1v) is 13.5. The van der Waals surface area contributed by atoms with Crippen LogP contribution in [0, 0.1) is 12.7 Å². The molecule has 5 rings (SSSR count). The molecule has 3 aromatic rings. The van der Waals surface area contributed by atoms with Crippen molar-refractivity contribution in [2.24, 2.45) is 4.99 Å². The zero-order valence-electron chi connectivity index (χ0n) is 20.7. The predicted octanol–water partition coefficient (Wildman–Crippen LogP) is 3.88. The molecule has 0 saturated carbocycles. The molecule has 0 unspecified atom stereocenters. The molecule has 1 saturated heterocycles. The first-order chi connectivity index (χ1) is 18.9. The number of benzene rings is 1. The van der Waals surface area contributed by atoms with Gasteiger partial charge >= 0.3 is 6.18 Å². The number of ether oxygens (including phenoxy) is 1. The number of nitrogens with one attached hydrogen (secondary N) is 1. The highest BCUT2D eigenvalue weighted by molar-refractivity contribution is 7.93. The van der Waals surface area contributed by atoms with E-state index < -0.39 is 27.7 Å². The van der Waals surface area contributed by atoms with Crippen LogP contribution in [-0.4, -0.2) is 71.7 Å². The monoisotopic (exact) mass is 600 g/mol. The number of anilines is 3. The Morgan fingerprint density at radius 1 is 1.15 bits per heavy atom. The summed E-state index contributed by atoms with van der Waals surface area (Å²) in [5.41, 5.74) is -0.584. The van der Waals surface area contributed by atoms with Gasteiger partial charge in [-0.15, -0.1) is 0 Å². The maximum absolute atomic E-state index is 13.6. The van der Waals surface area contributed by atoms with E-state index in [-0.39, 0.29) is 66.0 Å². The maximum atomic E-state index is 13.6. The lowest BCUT2D eigenvalue weighted by Gasteiger charge is -2.29. The fourth-order valence-electron chi connectivity index (χ4n) is 3.98. The summed E-state index contributed by atoms with van der Waals surface area (Å²) < 4.78 is 87.9. The van der Waals surface area contributed by atoms with E-state index in [1.54, 1.807) is 0 Å². The van der Waals surface area contributed by atoms with Crippen LogP contribution in [0.25, 0.3) is 5.82 Å². The van der Waals surface area contributed by atoms with Crippen LogP contribution in [0.4, 0.5) is 34.9 Å². The average Bonchev–Trinajstić information content (AvgIpc) is 3.33. The lowest BCUT2D eigenvalue weighted by Crippen LogP contribution is -2.42. The predicted molar refractivity (Wildman–Crippen MR) is 139 cm³/mol. The number of aliphatic imine (C=N–C) groups is 1. The number of hydrogen-bond donors (Lipinski definition) is 1. The van der Waals surface area contributed by atoms with Crippen molar-refractivity contribution in [3.05, 3.63) is 63.8 Å².